The number of nitrogens with zero attached hydrogens (tertiary/aromatic N) is 1. The summed E-state index contributed by atoms with van der Waals surface area (Å²) in [5, 5.41) is 0.826. The summed E-state index contributed by atoms with van der Waals surface area (Å²) in [5.41, 5.74) is 1.91. The van der Waals surface area contributed by atoms with Crippen molar-refractivity contribution < 1.29 is 23.1 Å². The summed E-state index contributed by atoms with van der Waals surface area (Å²) in [5.74, 6) is -1.36. The molecule has 0 unspecified atom stereocenters. The van der Waals surface area contributed by atoms with E-state index in [1.165, 1.54) is 24.0 Å². The lowest BCUT2D eigenvalue weighted by molar-refractivity contribution is -0.139. The number of furan rings is 1. The van der Waals surface area contributed by atoms with Crippen LogP contribution >= 0.6 is 0 Å². The van der Waals surface area contributed by atoms with Gasteiger partial charge in [0, 0.05) is 24.5 Å². The molecule has 0 saturated heterocycles. The summed E-state index contributed by atoms with van der Waals surface area (Å²) in [6.45, 7) is 3.48. The number of hydrogen-bond acceptors (Lipinski definition) is 4. The second-order valence-corrected chi connectivity index (χ2v) is 6.42. The predicted octanol–water partition coefficient (Wildman–Crippen LogP) is 4.08. The van der Waals surface area contributed by atoms with Gasteiger partial charge < -0.3 is 14.1 Å². The number of para-hydroxylation sites is 1. The Morgan fingerprint density at radius 1 is 1.19 bits per heavy atom. The largest absolute Gasteiger partial charge is 0.449 e. The number of carbonyl (C=O) groups excluding carboxylic acids is 2. The zero-order chi connectivity index (χ0) is 19.6. The van der Waals surface area contributed by atoms with E-state index in [9.17, 15) is 14.0 Å². The maximum Gasteiger partial charge on any atom is 0.375 e. The van der Waals surface area contributed by atoms with E-state index in [1.54, 1.807) is 32.2 Å². The van der Waals surface area contributed by atoms with Crippen LogP contribution in [0, 0.1) is 12.7 Å². The smallest absolute Gasteiger partial charge is 0.375 e. The molecule has 0 radical (unpaired) electrons. The average Bonchev–Trinajstić information content (AvgIpc) is 2.98. The molecule has 3 aromatic rings. The standard InChI is InChI=1S/C21H20FNO4/c1-13-17-9-4-5-10-18(17)27-19(13)21(25)26-14(2)20(24)23(3)12-15-7-6-8-16(22)11-15/h4-11,14H,12H2,1-3H3/t14-/m0/s1. The van der Waals surface area contributed by atoms with Gasteiger partial charge in [-0.25, -0.2) is 9.18 Å². The Hall–Kier alpha value is -3.15. The first-order valence-corrected chi connectivity index (χ1v) is 8.55. The molecule has 1 heterocycles. The fourth-order valence-corrected chi connectivity index (χ4v) is 2.93. The zero-order valence-electron chi connectivity index (χ0n) is 15.4. The van der Waals surface area contributed by atoms with Crippen LogP contribution in [0.15, 0.2) is 52.9 Å². The number of amides is 1. The number of fused-ring (bicyclic) bond motifs is 1. The van der Waals surface area contributed by atoms with Crippen LogP contribution in [0.5, 0.6) is 0 Å². The highest BCUT2D eigenvalue weighted by Crippen LogP contribution is 2.25. The molecule has 0 aliphatic rings. The molecule has 1 atom stereocenters. The number of rotatable bonds is 5. The van der Waals surface area contributed by atoms with Crippen LogP contribution in [0.4, 0.5) is 4.39 Å². The van der Waals surface area contributed by atoms with Crippen molar-refractivity contribution in [3.63, 3.8) is 0 Å². The van der Waals surface area contributed by atoms with Crippen molar-refractivity contribution in [2.24, 2.45) is 0 Å². The topological polar surface area (TPSA) is 59.8 Å². The highest BCUT2D eigenvalue weighted by Gasteiger charge is 2.26. The van der Waals surface area contributed by atoms with Crippen molar-refractivity contribution in [1.82, 2.24) is 4.90 Å². The van der Waals surface area contributed by atoms with Gasteiger partial charge >= 0.3 is 5.97 Å². The molecule has 0 fully saturated rings. The second kappa shape index (κ2) is 7.61. The van der Waals surface area contributed by atoms with Crippen LogP contribution in [0.1, 0.15) is 28.6 Å². The van der Waals surface area contributed by atoms with Gasteiger partial charge in [0.15, 0.2) is 6.10 Å². The van der Waals surface area contributed by atoms with Gasteiger partial charge in [0.1, 0.15) is 11.4 Å². The van der Waals surface area contributed by atoms with E-state index in [0.717, 1.165) is 5.39 Å². The maximum absolute atomic E-state index is 13.3. The highest BCUT2D eigenvalue weighted by atomic mass is 19.1. The summed E-state index contributed by atoms with van der Waals surface area (Å²) < 4.78 is 24.1. The summed E-state index contributed by atoms with van der Waals surface area (Å²) in [7, 11) is 1.57. The predicted molar refractivity (Wildman–Crippen MR) is 98.7 cm³/mol. The van der Waals surface area contributed by atoms with E-state index in [0.29, 0.717) is 16.7 Å². The minimum Gasteiger partial charge on any atom is -0.449 e. The van der Waals surface area contributed by atoms with Crippen molar-refractivity contribution in [3.8, 4) is 0 Å². The molecule has 0 aliphatic heterocycles. The molecule has 140 valence electrons. The number of benzene rings is 2. The Kier molecular flexibility index (Phi) is 5.26. The number of aryl methyl sites for hydroxylation is 1. The Bertz CT molecular complexity index is 995. The molecule has 1 aromatic heterocycles. The molecule has 2 aromatic carbocycles. The summed E-state index contributed by atoms with van der Waals surface area (Å²) >= 11 is 0. The first-order valence-electron chi connectivity index (χ1n) is 8.55. The minimum atomic E-state index is -0.997. The molecule has 0 spiro atoms. The van der Waals surface area contributed by atoms with Crippen molar-refractivity contribution in [2.75, 3.05) is 7.05 Å². The lowest BCUT2D eigenvalue weighted by atomic mass is 10.1. The van der Waals surface area contributed by atoms with Gasteiger partial charge in [0.05, 0.1) is 0 Å². The van der Waals surface area contributed by atoms with E-state index in [2.05, 4.69) is 0 Å². The zero-order valence-corrected chi connectivity index (χ0v) is 15.4. The minimum absolute atomic E-state index is 0.0867. The van der Waals surface area contributed by atoms with Crippen molar-refractivity contribution >= 4 is 22.8 Å². The Balaban J connectivity index is 1.68. The third-order valence-electron chi connectivity index (χ3n) is 4.35. The van der Waals surface area contributed by atoms with E-state index in [-0.39, 0.29) is 24.0 Å². The third kappa shape index (κ3) is 4.00. The van der Waals surface area contributed by atoms with Crippen molar-refractivity contribution in [3.05, 3.63) is 71.2 Å². The molecule has 3 rings (SSSR count). The van der Waals surface area contributed by atoms with E-state index >= 15 is 0 Å². The molecule has 1 amide bonds. The maximum atomic E-state index is 13.3. The van der Waals surface area contributed by atoms with Gasteiger partial charge in [-0.3, -0.25) is 4.79 Å². The highest BCUT2D eigenvalue weighted by molar-refractivity contribution is 5.97. The van der Waals surface area contributed by atoms with Crippen LogP contribution in [-0.4, -0.2) is 29.9 Å². The molecule has 0 saturated carbocycles. The number of ether oxygens (including phenoxy) is 1. The van der Waals surface area contributed by atoms with Gasteiger partial charge in [-0.2, -0.15) is 0 Å². The Labute approximate surface area is 156 Å². The fourth-order valence-electron chi connectivity index (χ4n) is 2.93. The molecule has 5 nitrogen and oxygen atoms in total. The van der Waals surface area contributed by atoms with Crippen molar-refractivity contribution in [2.45, 2.75) is 26.5 Å². The molecular weight excluding hydrogens is 349 g/mol. The monoisotopic (exact) mass is 369 g/mol. The number of esters is 1. The van der Waals surface area contributed by atoms with E-state index in [4.69, 9.17) is 9.15 Å². The van der Waals surface area contributed by atoms with E-state index in [1.807, 2.05) is 18.2 Å². The van der Waals surface area contributed by atoms with Crippen LogP contribution in [0.2, 0.25) is 0 Å². The van der Waals surface area contributed by atoms with Crippen LogP contribution < -0.4 is 0 Å². The normalized spacial score (nSPS) is 12.0. The lowest BCUT2D eigenvalue weighted by Gasteiger charge is -2.21. The van der Waals surface area contributed by atoms with Crippen LogP contribution in [0.3, 0.4) is 0 Å². The lowest BCUT2D eigenvalue weighted by Crippen LogP contribution is -2.37. The quantitative estimate of drug-likeness (QED) is 0.636. The molecule has 6 heteroatoms. The molecule has 27 heavy (non-hydrogen) atoms. The summed E-state index contributed by atoms with van der Waals surface area (Å²) in [6.07, 6.45) is -0.997. The van der Waals surface area contributed by atoms with Gasteiger partial charge in [0.2, 0.25) is 5.76 Å². The number of halogens is 1. The van der Waals surface area contributed by atoms with Gasteiger partial charge in [-0.05, 0) is 37.6 Å². The van der Waals surface area contributed by atoms with Crippen molar-refractivity contribution in [1.29, 1.82) is 0 Å². The van der Waals surface area contributed by atoms with Crippen LogP contribution in [0.25, 0.3) is 11.0 Å². The van der Waals surface area contributed by atoms with E-state index < -0.39 is 12.1 Å². The first-order chi connectivity index (χ1) is 12.9. The molecule has 0 aliphatic carbocycles. The SMILES string of the molecule is Cc1c(C(=O)O[C@@H](C)C(=O)N(C)Cc2cccc(F)c2)oc2ccccc12. The number of carbonyl (C=O) groups is 2. The molecule has 0 N–H and O–H groups in total. The van der Waals surface area contributed by atoms with Gasteiger partial charge in [-0.1, -0.05) is 30.3 Å². The van der Waals surface area contributed by atoms with Crippen LogP contribution in [-0.2, 0) is 16.1 Å². The van der Waals surface area contributed by atoms with Gasteiger partial charge in [0.25, 0.3) is 5.91 Å². The number of likely N-dealkylation sites (N-methyl/N-ethyl adjacent to an activating group) is 1. The Morgan fingerprint density at radius 2 is 1.93 bits per heavy atom. The fraction of sp³-hybridized carbons (Fsp3) is 0.238. The second-order valence-electron chi connectivity index (χ2n) is 6.42. The first kappa shape index (κ1) is 18.6. The third-order valence-corrected chi connectivity index (χ3v) is 4.35. The summed E-state index contributed by atoms with van der Waals surface area (Å²) in [4.78, 5) is 26.3. The summed E-state index contributed by atoms with van der Waals surface area (Å²) in [6, 6.07) is 13.3. The number of hydrogen-bond donors (Lipinski definition) is 0. The Morgan fingerprint density at radius 3 is 2.63 bits per heavy atom. The average molecular weight is 369 g/mol. The molecular formula is C21H20FNO4. The molecule has 0 bridgehead atoms. The van der Waals surface area contributed by atoms with Gasteiger partial charge in [-0.15, -0.1) is 0 Å².